The van der Waals surface area contributed by atoms with Crippen molar-refractivity contribution in [3.8, 4) is 5.75 Å². The lowest BCUT2D eigenvalue weighted by Crippen LogP contribution is -2.32. The minimum atomic E-state index is -0.887. The van der Waals surface area contributed by atoms with E-state index in [2.05, 4.69) is 0 Å². The lowest BCUT2D eigenvalue weighted by atomic mass is 10.2. The van der Waals surface area contributed by atoms with Gasteiger partial charge in [0, 0.05) is 30.8 Å². The van der Waals surface area contributed by atoms with Gasteiger partial charge in [0.2, 0.25) is 0 Å². The molecule has 19 heavy (non-hydrogen) atoms. The van der Waals surface area contributed by atoms with Gasteiger partial charge in [0.15, 0.2) is 0 Å². The van der Waals surface area contributed by atoms with Crippen LogP contribution in [0.25, 0.3) is 0 Å². The first-order chi connectivity index (χ1) is 9.08. The highest BCUT2D eigenvalue weighted by molar-refractivity contribution is 6.31. The van der Waals surface area contributed by atoms with Crippen LogP contribution in [0.4, 0.5) is 0 Å². The summed E-state index contributed by atoms with van der Waals surface area (Å²) >= 11 is 6.14. The molecule has 0 bridgehead atoms. The van der Waals surface area contributed by atoms with Crippen molar-refractivity contribution in [2.24, 2.45) is 0 Å². The normalized spacial score (nSPS) is 10.7. The monoisotopic (exact) mass is 287 g/mol. The summed E-state index contributed by atoms with van der Waals surface area (Å²) in [5, 5.41) is 9.47. The highest BCUT2D eigenvalue weighted by Gasteiger charge is 2.15. The van der Waals surface area contributed by atoms with Crippen molar-refractivity contribution in [1.29, 1.82) is 0 Å². The highest BCUT2D eigenvalue weighted by atomic mass is 35.5. The highest BCUT2D eigenvalue weighted by Crippen LogP contribution is 2.27. The largest absolute Gasteiger partial charge is 0.496 e. The van der Waals surface area contributed by atoms with E-state index in [0.717, 1.165) is 5.56 Å². The number of carboxylic acid groups (broad SMARTS) is 1. The molecule has 0 atom stereocenters. The van der Waals surface area contributed by atoms with Crippen LogP contribution in [0.3, 0.4) is 0 Å². The van der Waals surface area contributed by atoms with Gasteiger partial charge >= 0.3 is 5.97 Å². The number of hydrogen-bond donors (Lipinski definition) is 1. The predicted octanol–water partition coefficient (Wildman–Crippen LogP) is 1.88. The van der Waals surface area contributed by atoms with Gasteiger partial charge in [0.25, 0.3) is 0 Å². The van der Waals surface area contributed by atoms with Crippen molar-refractivity contribution in [3.05, 3.63) is 28.8 Å². The molecule has 0 saturated carbocycles. The van der Waals surface area contributed by atoms with Crippen LogP contribution < -0.4 is 4.74 Å². The fraction of sp³-hybridized carbons (Fsp3) is 0.462. The molecule has 1 aromatic carbocycles. The second-order valence-electron chi connectivity index (χ2n) is 4.02. The Bertz CT molecular complexity index is 425. The molecule has 0 unspecified atom stereocenters. The summed E-state index contributed by atoms with van der Waals surface area (Å²) in [6, 6.07) is 5.35. The number of carbonyl (C=O) groups is 1. The Hall–Kier alpha value is -1.30. The Morgan fingerprint density at radius 2 is 2.16 bits per heavy atom. The molecule has 106 valence electrons. The first-order valence-corrected chi connectivity index (χ1v) is 6.20. The van der Waals surface area contributed by atoms with Gasteiger partial charge in [0.05, 0.1) is 20.3 Å². The topological polar surface area (TPSA) is 59.0 Å². The Morgan fingerprint density at radius 3 is 2.74 bits per heavy atom. The van der Waals surface area contributed by atoms with Crippen LogP contribution in [-0.2, 0) is 16.1 Å². The fourth-order valence-corrected chi connectivity index (χ4v) is 1.96. The molecule has 0 aliphatic rings. The Kier molecular flexibility index (Phi) is 6.62. The molecule has 6 heteroatoms. The van der Waals surface area contributed by atoms with Crippen LogP contribution in [-0.4, -0.2) is 49.9 Å². The quantitative estimate of drug-likeness (QED) is 0.791. The average Bonchev–Trinajstić information content (AvgIpc) is 2.37. The van der Waals surface area contributed by atoms with Gasteiger partial charge in [-0.2, -0.15) is 0 Å². The molecule has 0 heterocycles. The van der Waals surface area contributed by atoms with E-state index in [4.69, 9.17) is 26.2 Å². The number of rotatable bonds is 8. The third kappa shape index (κ3) is 5.06. The summed E-state index contributed by atoms with van der Waals surface area (Å²) in [5.41, 5.74) is 0.781. The molecule has 1 rings (SSSR count). The molecule has 0 fully saturated rings. The lowest BCUT2D eigenvalue weighted by Gasteiger charge is -2.21. The average molecular weight is 288 g/mol. The standard InChI is InChI=1S/C13H18ClNO4/c1-18-7-6-15(9-13(16)17)8-10-11(14)4-3-5-12(10)19-2/h3-5H,6-9H2,1-2H3,(H,16,17). The number of hydrogen-bond acceptors (Lipinski definition) is 4. The maximum Gasteiger partial charge on any atom is 0.317 e. The number of benzene rings is 1. The molecular formula is C13H18ClNO4. The third-order valence-electron chi connectivity index (χ3n) is 2.65. The van der Waals surface area contributed by atoms with E-state index in [9.17, 15) is 4.79 Å². The van der Waals surface area contributed by atoms with Crippen molar-refractivity contribution in [1.82, 2.24) is 4.90 Å². The molecule has 0 saturated heterocycles. The van der Waals surface area contributed by atoms with Crippen LogP contribution in [0.2, 0.25) is 5.02 Å². The van der Waals surface area contributed by atoms with E-state index < -0.39 is 5.97 Å². The van der Waals surface area contributed by atoms with E-state index >= 15 is 0 Å². The number of halogens is 1. The summed E-state index contributed by atoms with van der Waals surface area (Å²) in [4.78, 5) is 12.6. The molecular weight excluding hydrogens is 270 g/mol. The molecule has 0 radical (unpaired) electrons. The van der Waals surface area contributed by atoms with Gasteiger partial charge in [-0.3, -0.25) is 9.69 Å². The van der Waals surface area contributed by atoms with Crippen molar-refractivity contribution in [2.75, 3.05) is 33.9 Å². The van der Waals surface area contributed by atoms with Gasteiger partial charge in [-0.15, -0.1) is 0 Å². The van der Waals surface area contributed by atoms with Crippen molar-refractivity contribution >= 4 is 17.6 Å². The molecule has 0 aliphatic carbocycles. The maximum atomic E-state index is 10.9. The minimum absolute atomic E-state index is 0.0717. The van der Waals surface area contributed by atoms with Crippen molar-refractivity contribution in [2.45, 2.75) is 6.54 Å². The first-order valence-electron chi connectivity index (χ1n) is 5.83. The Morgan fingerprint density at radius 1 is 1.42 bits per heavy atom. The maximum absolute atomic E-state index is 10.9. The Balaban J connectivity index is 2.85. The van der Waals surface area contributed by atoms with Crippen LogP contribution in [0.5, 0.6) is 5.75 Å². The zero-order valence-electron chi connectivity index (χ0n) is 11.1. The second kappa shape index (κ2) is 7.99. The van der Waals surface area contributed by atoms with E-state index in [0.29, 0.717) is 30.5 Å². The molecule has 5 nitrogen and oxygen atoms in total. The zero-order valence-corrected chi connectivity index (χ0v) is 11.8. The van der Waals surface area contributed by atoms with Crippen LogP contribution >= 0.6 is 11.6 Å². The fourth-order valence-electron chi connectivity index (χ4n) is 1.73. The van der Waals surface area contributed by atoms with Crippen molar-refractivity contribution in [3.63, 3.8) is 0 Å². The minimum Gasteiger partial charge on any atom is -0.496 e. The Labute approximate surface area is 117 Å². The number of aliphatic carboxylic acids is 1. The molecule has 0 amide bonds. The number of nitrogens with zero attached hydrogens (tertiary/aromatic N) is 1. The molecule has 1 N–H and O–H groups in total. The number of carboxylic acids is 1. The van der Waals surface area contributed by atoms with Crippen LogP contribution in [0.15, 0.2) is 18.2 Å². The molecule has 0 aliphatic heterocycles. The van der Waals surface area contributed by atoms with Gasteiger partial charge in [0.1, 0.15) is 5.75 Å². The summed E-state index contributed by atoms with van der Waals surface area (Å²) < 4.78 is 10.2. The third-order valence-corrected chi connectivity index (χ3v) is 3.00. The van der Waals surface area contributed by atoms with E-state index in [1.807, 2.05) is 0 Å². The van der Waals surface area contributed by atoms with Gasteiger partial charge in [-0.1, -0.05) is 17.7 Å². The smallest absolute Gasteiger partial charge is 0.317 e. The van der Waals surface area contributed by atoms with Crippen LogP contribution in [0.1, 0.15) is 5.56 Å². The predicted molar refractivity (Wildman–Crippen MR) is 72.8 cm³/mol. The summed E-state index contributed by atoms with van der Waals surface area (Å²) in [7, 11) is 3.14. The number of methoxy groups -OCH3 is 2. The van der Waals surface area contributed by atoms with Gasteiger partial charge in [-0.05, 0) is 12.1 Å². The zero-order chi connectivity index (χ0) is 14.3. The van der Waals surface area contributed by atoms with E-state index in [-0.39, 0.29) is 6.54 Å². The molecule has 0 aromatic heterocycles. The van der Waals surface area contributed by atoms with Crippen LogP contribution in [0, 0.1) is 0 Å². The van der Waals surface area contributed by atoms with Gasteiger partial charge in [-0.25, -0.2) is 0 Å². The SMILES string of the molecule is COCCN(CC(=O)O)Cc1c(Cl)cccc1OC. The molecule has 0 spiro atoms. The second-order valence-corrected chi connectivity index (χ2v) is 4.43. The van der Waals surface area contributed by atoms with E-state index in [1.165, 1.54) is 0 Å². The summed E-state index contributed by atoms with van der Waals surface area (Å²) in [6.07, 6.45) is 0. The number of ether oxygens (including phenoxy) is 2. The van der Waals surface area contributed by atoms with E-state index in [1.54, 1.807) is 37.3 Å². The van der Waals surface area contributed by atoms with Crippen molar-refractivity contribution < 1.29 is 19.4 Å². The first kappa shape index (κ1) is 15.8. The summed E-state index contributed by atoms with van der Waals surface area (Å²) in [5.74, 6) is -0.234. The summed E-state index contributed by atoms with van der Waals surface area (Å²) in [6.45, 7) is 1.30. The van der Waals surface area contributed by atoms with Gasteiger partial charge < -0.3 is 14.6 Å². The lowest BCUT2D eigenvalue weighted by molar-refractivity contribution is -0.138. The molecule has 1 aromatic rings.